The van der Waals surface area contributed by atoms with Crippen LogP contribution in [0.1, 0.15) is 59.8 Å². The molecular weight excluding hydrogens is 480 g/mol. The smallest absolute Gasteiger partial charge is 0.277 e. The molecule has 36 heavy (non-hydrogen) atoms. The maximum atomic E-state index is 13.3. The number of likely N-dealkylation sites (tertiary alicyclic amines) is 1. The predicted octanol–water partition coefficient (Wildman–Crippen LogP) is 2.83. The van der Waals surface area contributed by atoms with Crippen LogP contribution < -0.4 is 15.0 Å². The molecule has 11 heteroatoms. The topological polar surface area (TPSA) is 122 Å². The molecule has 0 spiro atoms. The molecule has 2 aromatic heterocycles. The van der Waals surface area contributed by atoms with Crippen LogP contribution in [0.3, 0.4) is 0 Å². The Hall–Kier alpha value is -2.76. The third kappa shape index (κ3) is 5.47. The largest absolute Gasteiger partial charge is 0.493 e. The van der Waals surface area contributed by atoms with Crippen molar-refractivity contribution in [3.8, 4) is 17.1 Å². The van der Waals surface area contributed by atoms with Crippen molar-refractivity contribution in [2.24, 2.45) is 6.98 Å². The molecule has 0 amide bonds. The molecule has 2 N–H and O–H groups in total. The Balaban J connectivity index is 1.77. The molecule has 1 unspecified atom stereocenters. The molecule has 1 fully saturated rings. The number of ether oxygens (including phenoxy) is 1. The van der Waals surface area contributed by atoms with Gasteiger partial charge in [0, 0.05) is 27.8 Å². The normalized spacial score (nSPS) is 19.9. The van der Waals surface area contributed by atoms with E-state index in [0.29, 0.717) is 30.2 Å². The Kier molecular flexibility index (Phi) is 5.97. The fourth-order valence-corrected chi connectivity index (χ4v) is 5.56. The van der Waals surface area contributed by atoms with Gasteiger partial charge in [-0.15, -0.1) is 0 Å². The van der Waals surface area contributed by atoms with Crippen molar-refractivity contribution in [3.63, 3.8) is 0 Å². The van der Waals surface area contributed by atoms with Crippen LogP contribution >= 0.6 is 0 Å². The second-order valence-corrected chi connectivity index (χ2v) is 10.7. The van der Waals surface area contributed by atoms with Crippen LogP contribution in [0.4, 0.5) is 0 Å². The molecule has 0 aliphatic carbocycles. The van der Waals surface area contributed by atoms with Gasteiger partial charge < -0.3 is 14.6 Å². The molecule has 1 aliphatic rings. The second-order valence-electron chi connectivity index (χ2n) is 8.94. The third-order valence-corrected chi connectivity index (χ3v) is 7.84. The molecule has 10 nitrogen and oxygen atoms in total. The number of benzene rings is 1. The van der Waals surface area contributed by atoms with Gasteiger partial charge in [-0.3, -0.25) is 9.48 Å². The molecule has 3 aromatic rings. The van der Waals surface area contributed by atoms with Crippen LogP contribution in [-0.4, -0.2) is 65.9 Å². The van der Waals surface area contributed by atoms with E-state index < -0.39 is 29.4 Å². The van der Waals surface area contributed by atoms with E-state index in [-0.39, 0.29) is 58.1 Å². The molecule has 3 heterocycles. The Morgan fingerprint density at radius 1 is 1.33 bits per heavy atom. The number of H-pyrrole nitrogens is 1. The van der Waals surface area contributed by atoms with Crippen LogP contribution in [0.2, 0.25) is 0 Å². The predicted molar refractivity (Wildman–Crippen MR) is 140 cm³/mol. The Morgan fingerprint density at radius 2 is 2.19 bits per heavy atom. The average Bonchev–Trinajstić information content (AvgIpc) is 3.49. The van der Waals surface area contributed by atoms with Gasteiger partial charge in [0.25, 0.3) is 5.56 Å². The number of fused-ring (bicyclic) bond motifs is 1. The number of nitrogens with zero attached hydrogens (tertiary/aromatic N) is 4. The van der Waals surface area contributed by atoms with Crippen molar-refractivity contribution in [2.75, 3.05) is 26.7 Å². The van der Waals surface area contributed by atoms with Crippen molar-refractivity contribution in [2.45, 2.75) is 63.2 Å². The zero-order valence-corrected chi connectivity index (χ0v) is 21.3. The quantitative estimate of drug-likeness (QED) is 0.397. The summed E-state index contributed by atoms with van der Waals surface area (Å²) in [4.78, 5) is 22.4. The van der Waals surface area contributed by atoms with E-state index in [9.17, 15) is 13.2 Å². The second kappa shape index (κ2) is 11.1. The van der Waals surface area contributed by atoms with E-state index in [1.165, 1.54) is 18.2 Å². The molecule has 0 bridgehead atoms. The minimum atomic E-state index is -3.94. The van der Waals surface area contributed by atoms with Crippen LogP contribution in [-0.2, 0) is 23.4 Å². The first-order valence-electron chi connectivity index (χ1n) is 15.1. The van der Waals surface area contributed by atoms with Gasteiger partial charge in [-0.25, -0.2) is 18.1 Å². The summed E-state index contributed by atoms with van der Waals surface area (Å²) in [7, 11) is -1.91. The lowest BCUT2D eigenvalue weighted by molar-refractivity contribution is 0.297. The summed E-state index contributed by atoms with van der Waals surface area (Å²) in [5, 5.41) is 4.04. The fourth-order valence-electron chi connectivity index (χ4n) is 4.48. The highest BCUT2D eigenvalue weighted by Gasteiger charge is 2.23. The van der Waals surface area contributed by atoms with Crippen molar-refractivity contribution < 1.29 is 21.4 Å². The maximum absolute atomic E-state index is 13.3. The van der Waals surface area contributed by atoms with Crippen molar-refractivity contribution in [3.05, 3.63) is 34.2 Å². The highest BCUT2D eigenvalue weighted by Crippen LogP contribution is 2.31. The highest BCUT2D eigenvalue weighted by molar-refractivity contribution is 7.89. The van der Waals surface area contributed by atoms with E-state index in [2.05, 4.69) is 24.7 Å². The molecular formula is C25H36N6O4S. The maximum Gasteiger partial charge on any atom is 0.277 e. The zero-order chi connectivity index (χ0) is 30.9. The summed E-state index contributed by atoms with van der Waals surface area (Å²) in [6.07, 6.45) is 2.95. The fraction of sp³-hybridized carbons (Fsp3) is 0.560. The summed E-state index contributed by atoms with van der Waals surface area (Å²) in [6.45, 7) is -1.70. The molecule has 0 radical (unpaired) electrons. The van der Waals surface area contributed by atoms with Gasteiger partial charge in [0.15, 0.2) is 5.52 Å². The lowest BCUT2D eigenvalue weighted by atomic mass is 10.1. The minimum Gasteiger partial charge on any atom is -0.493 e. The number of aromatic amines is 1. The summed E-state index contributed by atoms with van der Waals surface area (Å²) in [5.41, 5.74) is -1.04. The van der Waals surface area contributed by atoms with E-state index in [1.54, 1.807) is 0 Å². The summed E-state index contributed by atoms with van der Waals surface area (Å²) in [5.74, 6) is 0.196. The first-order valence-corrected chi connectivity index (χ1v) is 13.6. The third-order valence-electron chi connectivity index (χ3n) is 6.38. The number of hydrogen-bond acceptors (Lipinski definition) is 7. The Morgan fingerprint density at radius 3 is 2.92 bits per heavy atom. The van der Waals surface area contributed by atoms with Gasteiger partial charge in [0.1, 0.15) is 17.1 Å². The molecule has 1 atom stereocenters. The standard InChI is InChI=1S/C25H36N6O4S/c1-5-8-20-22-23(31(4)29-20)25(32)28-24(27-22)19-16-18(10-11-21(19)35-15-6-2)36(33,34)26-13-12-17-9-7-14-30(17)3/h10-11,16-17,26H,5-9,12-15H2,1-4H3,(H,27,28,32)/i1D3,4D3. The molecule has 0 saturated carbocycles. The Bertz CT molecular complexity index is 1580. The molecule has 1 saturated heterocycles. The van der Waals surface area contributed by atoms with Gasteiger partial charge in [-0.05, 0) is 63.9 Å². The van der Waals surface area contributed by atoms with Crippen LogP contribution in [0, 0.1) is 0 Å². The van der Waals surface area contributed by atoms with Gasteiger partial charge >= 0.3 is 0 Å². The Labute approximate surface area is 220 Å². The van der Waals surface area contributed by atoms with Crippen LogP contribution in [0.15, 0.2) is 27.9 Å². The summed E-state index contributed by atoms with van der Waals surface area (Å²) < 4.78 is 81.6. The summed E-state index contributed by atoms with van der Waals surface area (Å²) >= 11 is 0. The zero-order valence-electron chi connectivity index (χ0n) is 26.5. The summed E-state index contributed by atoms with van der Waals surface area (Å²) in [6, 6.07) is 4.54. The van der Waals surface area contributed by atoms with E-state index in [4.69, 9.17) is 13.0 Å². The number of hydrogen-bond donors (Lipinski definition) is 2. The van der Waals surface area contributed by atoms with Gasteiger partial charge in [0.05, 0.1) is 22.8 Å². The lowest BCUT2D eigenvalue weighted by Crippen LogP contribution is -2.31. The minimum absolute atomic E-state index is 0.0305. The first kappa shape index (κ1) is 19.4. The number of rotatable bonds is 11. The average molecular weight is 523 g/mol. The van der Waals surface area contributed by atoms with Crippen molar-refractivity contribution in [1.82, 2.24) is 29.4 Å². The van der Waals surface area contributed by atoms with E-state index >= 15 is 0 Å². The highest BCUT2D eigenvalue weighted by atomic mass is 32.2. The lowest BCUT2D eigenvalue weighted by Gasteiger charge is -2.19. The number of aryl methyl sites for hydroxylation is 2. The van der Waals surface area contributed by atoms with Crippen molar-refractivity contribution in [1.29, 1.82) is 0 Å². The van der Waals surface area contributed by atoms with Crippen molar-refractivity contribution >= 4 is 21.1 Å². The number of nitrogens with one attached hydrogen (secondary N) is 2. The molecule has 196 valence electrons. The molecule has 4 rings (SSSR count). The monoisotopic (exact) mass is 522 g/mol. The van der Waals surface area contributed by atoms with E-state index in [1.807, 2.05) is 14.0 Å². The van der Waals surface area contributed by atoms with Gasteiger partial charge in [0.2, 0.25) is 10.0 Å². The molecule has 1 aliphatic heterocycles. The van der Waals surface area contributed by atoms with E-state index in [0.717, 1.165) is 19.4 Å². The molecule has 1 aromatic carbocycles. The van der Waals surface area contributed by atoms with Gasteiger partial charge in [-0.2, -0.15) is 5.10 Å². The number of aromatic nitrogens is 4. The van der Waals surface area contributed by atoms with Crippen LogP contribution in [0.5, 0.6) is 5.75 Å². The SMILES string of the molecule is [2H]C([2H])([2H])CCc1nn(C([2H])([2H])[2H])c2c(=O)[nH]c(-c3cc(S(=O)(=O)NCCC4CCCN4C)ccc3OCCC)nc12. The first-order chi connectivity index (χ1) is 19.6. The number of sulfonamides is 1. The van der Waals surface area contributed by atoms with Gasteiger partial charge in [-0.1, -0.05) is 20.2 Å². The van der Waals surface area contributed by atoms with Crippen LogP contribution in [0.25, 0.3) is 22.4 Å².